The summed E-state index contributed by atoms with van der Waals surface area (Å²) >= 11 is 0. The highest BCUT2D eigenvalue weighted by Gasteiger charge is 2.34. The minimum atomic E-state index is 0.266. The van der Waals surface area contributed by atoms with E-state index in [0.29, 0.717) is 30.3 Å². The summed E-state index contributed by atoms with van der Waals surface area (Å²) in [6.07, 6.45) is 7.98. The molecule has 1 aromatic heterocycles. The van der Waals surface area contributed by atoms with Gasteiger partial charge in [-0.05, 0) is 26.7 Å². The average molecular weight is 303 g/mol. The Morgan fingerprint density at radius 2 is 2.09 bits per heavy atom. The SMILES string of the molecule is CC1NNC(C)C1CC(=O)N1CCCC(c2cnccn2)C1. The topological polar surface area (TPSA) is 70.2 Å². The molecule has 22 heavy (non-hydrogen) atoms. The quantitative estimate of drug-likeness (QED) is 0.874. The van der Waals surface area contributed by atoms with Gasteiger partial charge >= 0.3 is 0 Å². The van der Waals surface area contributed by atoms with Gasteiger partial charge in [0.2, 0.25) is 5.91 Å². The van der Waals surface area contributed by atoms with Crippen molar-refractivity contribution in [2.24, 2.45) is 5.92 Å². The molecule has 2 N–H and O–H groups in total. The van der Waals surface area contributed by atoms with Crippen LogP contribution in [0.2, 0.25) is 0 Å². The zero-order valence-electron chi connectivity index (χ0n) is 13.3. The van der Waals surface area contributed by atoms with E-state index in [-0.39, 0.29) is 5.91 Å². The fraction of sp³-hybridized carbons (Fsp3) is 0.688. The molecular formula is C16H25N5O. The van der Waals surface area contributed by atoms with E-state index in [2.05, 4.69) is 34.7 Å². The number of rotatable bonds is 3. The molecular weight excluding hydrogens is 278 g/mol. The van der Waals surface area contributed by atoms with Crippen molar-refractivity contribution in [3.8, 4) is 0 Å². The van der Waals surface area contributed by atoms with Gasteiger partial charge in [-0.2, -0.15) is 0 Å². The molecule has 1 amide bonds. The van der Waals surface area contributed by atoms with Crippen molar-refractivity contribution in [1.29, 1.82) is 0 Å². The summed E-state index contributed by atoms with van der Waals surface area (Å²) in [5.41, 5.74) is 7.45. The lowest BCUT2D eigenvalue weighted by Crippen LogP contribution is -2.41. The number of carbonyl (C=O) groups excluding carboxylic acids is 1. The molecule has 3 heterocycles. The minimum Gasteiger partial charge on any atom is -0.342 e. The van der Waals surface area contributed by atoms with Crippen LogP contribution in [-0.4, -0.2) is 45.9 Å². The molecule has 0 bridgehead atoms. The Bertz CT molecular complexity index is 499. The summed E-state index contributed by atoms with van der Waals surface area (Å²) in [6.45, 7) is 5.90. The molecule has 2 saturated heterocycles. The zero-order valence-corrected chi connectivity index (χ0v) is 13.3. The van der Waals surface area contributed by atoms with Crippen molar-refractivity contribution < 1.29 is 4.79 Å². The Morgan fingerprint density at radius 1 is 1.32 bits per heavy atom. The molecule has 6 nitrogen and oxygen atoms in total. The van der Waals surface area contributed by atoms with Crippen LogP contribution in [0.1, 0.15) is 44.7 Å². The largest absolute Gasteiger partial charge is 0.342 e. The molecule has 0 aromatic carbocycles. The molecule has 0 radical (unpaired) electrons. The van der Waals surface area contributed by atoms with Gasteiger partial charge in [0.1, 0.15) is 0 Å². The fourth-order valence-electron chi connectivity index (χ4n) is 3.56. The number of nitrogens with one attached hydrogen (secondary N) is 2. The van der Waals surface area contributed by atoms with E-state index in [9.17, 15) is 4.79 Å². The second-order valence-electron chi connectivity index (χ2n) is 6.54. The number of likely N-dealkylation sites (tertiary alicyclic amines) is 1. The van der Waals surface area contributed by atoms with Crippen molar-refractivity contribution >= 4 is 5.91 Å². The molecule has 3 atom stereocenters. The first kappa shape index (κ1) is 15.4. The summed E-state index contributed by atoms with van der Waals surface area (Å²) in [5.74, 6) is 0.938. The maximum Gasteiger partial charge on any atom is 0.222 e. The van der Waals surface area contributed by atoms with Gasteiger partial charge in [-0.1, -0.05) is 0 Å². The number of hydrazine groups is 1. The van der Waals surface area contributed by atoms with Crippen LogP contribution < -0.4 is 10.9 Å². The highest BCUT2D eigenvalue weighted by molar-refractivity contribution is 5.76. The van der Waals surface area contributed by atoms with Gasteiger partial charge in [-0.3, -0.25) is 25.6 Å². The van der Waals surface area contributed by atoms with Gasteiger partial charge in [0.25, 0.3) is 0 Å². The van der Waals surface area contributed by atoms with Crippen LogP contribution >= 0.6 is 0 Å². The number of amides is 1. The highest BCUT2D eigenvalue weighted by atomic mass is 16.2. The Kier molecular flexibility index (Phi) is 4.69. The molecule has 2 aliphatic heterocycles. The standard InChI is InChI=1S/C16H25N5O/c1-11-14(12(2)20-19-11)8-16(22)21-7-3-4-13(10-21)15-9-17-5-6-18-15/h5-6,9,11-14,19-20H,3-4,7-8,10H2,1-2H3. The maximum absolute atomic E-state index is 12.7. The van der Waals surface area contributed by atoms with Gasteiger partial charge in [0, 0.05) is 62.0 Å². The summed E-state index contributed by atoms with van der Waals surface area (Å²) in [4.78, 5) is 23.2. The number of hydrogen-bond donors (Lipinski definition) is 2. The third kappa shape index (κ3) is 3.28. The van der Waals surface area contributed by atoms with E-state index in [1.165, 1.54) is 0 Å². The van der Waals surface area contributed by atoms with Crippen LogP contribution in [0.25, 0.3) is 0 Å². The maximum atomic E-state index is 12.7. The molecule has 0 aliphatic carbocycles. The lowest BCUT2D eigenvalue weighted by Gasteiger charge is -2.33. The van der Waals surface area contributed by atoms with Crippen LogP contribution in [-0.2, 0) is 4.79 Å². The Hall–Kier alpha value is -1.53. The van der Waals surface area contributed by atoms with Crippen LogP contribution in [0.4, 0.5) is 0 Å². The van der Waals surface area contributed by atoms with Crippen LogP contribution in [0.3, 0.4) is 0 Å². The molecule has 1 aromatic rings. The molecule has 2 fully saturated rings. The Labute approximate surface area is 131 Å². The minimum absolute atomic E-state index is 0.266. The Morgan fingerprint density at radius 3 is 2.77 bits per heavy atom. The second-order valence-corrected chi connectivity index (χ2v) is 6.54. The number of nitrogens with zero attached hydrogens (tertiary/aromatic N) is 3. The average Bonchev–Trinajstić information content (AvgIpc) is 2.88. The molecule has 3 unspecified atom stereocenters. The first-order chi connectivity index (χ1) is 10.6. The molecule has 2 aliphatic rings. The first-order valence-corrected chi connectivity index (χ1v) is 8.20. The van der Waals surface area contributed by atoms with E-state index >= 15 is 0 Å². The highest BCUT2D eigenvalue weighted by Crippen LogP contribution is 2.27. The van der Waals surface area contributed by atoms with Crippen molar-refractivity contribution in [1.82, 2.24) is 25.7 Å². The van der Waals surface area contributed by atoms with Gasteiger partial charge in [0.05, 0.1) is 5.69 Å². The van der Waals surface area contributed by atoms with E-state index in [1.807, 2.05) is 11.1 Å². The second kappa shape index (κ2) is 6.71. The van der Waals surface area contributed by atoms with Gasteiger partial charge in [-0.15, -0.1) is 0 Å². The summed E-state index contributed by atoms with van der Waals surface area (Å²) < 4.78 is 0. The monoisotopic (exact) mass is 303 g/mol. The van der Waals surface area contributed by atoms with Crippen LogP contribution in [0.5, 0.6) is 0 Å². The molecule has 0 saturated carbocycles. The van der Waals surface area contributed by atoms with Gasteiger partial charge in [-0.25, -0.2) is 0 Å². The lowest BCUT2D eigenvalue weighted by atomic mass is 9.90. The number of carbonyl (C=O) groups is 1. The number of piperidine rings is 1. The van der Waals surface area contributed by atoms with Crippen molar-refractivity contribution in [3.05, 3.63) is 24.3 Å². The predicted molar refractivity (Wildman–Crippen MR) is 83.9 cm³/mol. The van der Waals surface area contributed by atoms with Crippen LogP contribution in [0.15, 0.2) is 18.6 Å². The van der Waals surface area contributed by atoms with Crippen molar-refractivity contribution in [3.63, 3.8) is 0 Å². The van der Waals surface area contributed by atoms with Gasteiger partial charge < -0.3 is 4.90 Å². The van der Waals surface area contributed by atoms with Crippen molar-refractivity contribution in [2.75, 3.05) is 13.1 Å². The lowest BCUT2D eigenvalue weighted by molar-refractivity contribution is -0.133. The Balaban J connectivity index is 1.61. The normalized spacial score (nSPS) is 32.2. The summed E-state index contributed by atoms with van der Waals surface area (Å²) in [5, 5.41) is 0. The zero-order chi connectivity index (χ0) is 15.5. The predicted octanol–water partition coefficient (Wildman–Crippen LogP) is 1.07. The van der Waals surface area contributed by atoms with E-state index in [0.717, 1.165) is 31.6 Å². The summed E-state index contributed by atoms with van der Waals surface area (Å²) in [7, 11) is 0. The molecule has 6 heteroatoms. The first-order valence-electron chi connectivity index (χ1n) is 8.20. The van der Waals surface area contributed by atoms with Crippen LogP contribution in [0, 0.1) is 5.92 Å². The molecule has 0 spiro atoms. The molecule has 120 valence electrons. The number of aromatic nitrogens is 2. The van der Waals surface area contributed by atoms with Crippen molar-refractivity contribution in [2.45, 2.75) is 51.1 Å². The van der Waals surface area contributed by atoms with E-state index < -0.39 is 0 Å². The number of hydrogen-bond acceptors (Lipinski definition) is 5. The van der Waals surface area contributed by atoms with E-state index in [1.54, 1.807) is 12.4 Å². The third-order valence-electron chi connectivity index (χ3n) is 5.01. The molecule has 3 rings (SSSR count). The summed E-state index contributed by atoms with van der Waals surface area (Å²) in [6, 6.07) is 0.666. The smallest absolute Gasteiger partial charge is 0.222 e. The fourth-order valence-corrected chi connectivity index (χ4v) is 3.56. The van der Waals surface area contributed by atoms with Gasteiger partial charge in [0.15, 0.2) is 0 Å². The van der Waals surface area contributed by atoms with E-state index in [4.69, 9.17) is 0 Å². The third-order valence-corrected chi connectivity index (χ3v) is 5.01.